The number of thiophene rings is 2. The van der Waals surface area contributed by atoms with E-state index in [-0.39, 0.29) is 11.9 Å². The summed E-state index contributed by atoms with van der Waals surface area (Å²) in [6.45, 7) is 1.85. The average Bonchev–Trinajstić information content (AvgIpc) is 3.38. The number of ether oxygens (including phenoxy) is 1. The van der Waals surface area contributed by atoms with Crippen molar-refractivity contribution in [3.8, 4) is 5.75 Å². The summed E-state index contributed by atoms with van der Waals surface area (Å²) >= 11 is 3.59. The lowest BCUT2D eigenvalue weighted by atomic mass is 9.98. The van der Waals surface area contributed by atoms with Crippen LogP contribution in [-0.4, -0.2) is 31.0 Å². The first kappa shape index (κ1) is 18.2. The van der Waals surface area contributed by atoms with Crippen molar-refractivity contribution >= 4 is 28.6 Å². The SMILES string of the molecule is COc1ccc(CNC(=O)CN2CCc3sccc3[C@H]2c2cccs2)cc1. The van der Waals surface area contributed by atoms with E-state index in [0.717, 1.165) is 24.3 Å². The van der Waals surface area contributed by atoms with E-state index in [2.05, 4.69) is 39.2 Å². The molecule has 27 heavy (non-hydrogen) atoms. The van der Waals surface area contributed by atoms with Gasteiger partial charge in [-0.15, -0.1) is 22.7 Å². The minimum absolute atomic E-state index is 0.0612. The minimum atomic E-state index is 0.0612. The zero-order chi connectivity index (χ0) is 18.6. The summed E-state index contributed by atoms with van der Waals surface area (Å²) in [5.74, 6) is 0.884. The van der Waals surface area contributed by atoms with Crippen LogP contribution in [0, 0.1) is 0 Å². The van der Waals surface area contributed by atoms with Crippen LogP contribution in [0.1, 0.15) is 26.9 Å². The summed E-state index contributed by atoms with van der Waals surface area (Å²) in [4.78, 5) is 17.6. The second-order valence-electron chi connectivity index (χ2n) is 6.56. The first-order chi connectivity index (χ1) is 13.2. The summed E-state index contributed by atoms with van der Waals surface area (Å²) in [7, 11) is 1.65. The maximum absolute atomic E-state index is 12.6. The Labute approximate surface area is 167 Å². The fourth-order valence-corrected chi connectivity index (χ4v) is 5.28. The number of methoxy groups -OCH3 is 1. The Hall–Kier alpha value is -2.15. The molecule has 3 aromatic rings. The minimum Gasteiger partial charge on any atom is -0.497 e. The van der Waals surface area contributed by atoms with Crippen molar-refractivity contribution < 1.29 is 9.53 Å². The van der Waals surface area contributed by atoms with Crippen LogP contribution in [0.3, 0.4) is 0 Å². The third kappa shape index (κ3) is 4.08. The molecule has 4 nitrogen and oxygen atoms in total. The Bertz CT molecular complexity index is 887. The van der Waals surface area contributed by atoms with E-state index < -0.39 is 0 Å². The number of rotatable bonds is 6. The predicted molar refractivity (Wildman–Crippen MR) is 111 cm³/mol. The number of nitrogens with zero attached hydrogens (tertiary/aromatic N) is 1. The Morgan fingerprint density at radius 3 is 2.78 bits per heavy atom. The van der Waals surface area contributed by atoms with Crippen LogP contribution >= 0.6 is 22.7 Å². The molecule has 1 atom stereocenters. The van der Waals surface area contributed by atoms with Gasteiger partial charge in [0, 0.05) is 22.8 Å². The molecule has 1 amide bonds. The van der Waals surface area contributed by atoms with E-state index in [1.807, 2.05) is 35.6 Å². The van der Waals surface area contributed by atoms with Gasteiger partial charge in [-0.3, -0.25) is 9.69 Å². The van der Waals surface area contributed by atoms with Gasteiger partial charge in [0.2, 0.25) is 5.91 Å². The van der Waals surface area contributed by atoms with E-state index in [0.29, 0.717) is 13.1 Å². The van der Waals surface area contributed by atoms with Crippen molar-refractivity contribution in [1.29, 1.82) is 0 Å². The normalized spacial score (nSPS) is 16.7. The molecule has 0 spiro atoms. The molecule has 0 aliphatic carbocycles. The smallest absolute Gasteiger partial charge is 0.234 e. The van der Waals surface area contributed by atoms with Gasteiger partial charge in [0.25, 0.3) is 0 Å². The Kier molecular flexibility index (Phi) is 5.57. The van der Waals surface area contributed by atoms with Crippen LogP contribution in [0.4, 0.5) is 0 Å². The number of hydrogen-bond donors (Lipinski definition) is 1. The van der Waals surface area contributed by atoms with Gasteiger partial charge in [0.15, 0.2) is 0 Å². The van der Waals surface area contributed by atoms with E-state index in [1.165, 1.54) is 15.3 Å². The molecule has 0 saturated carbocycles. The molecule has 0 radical (unpaired) electrons. The maximum Gasteiger partial charge on any atom is 0.234 e. The van der Waals surface area contributed by atoms with Gasteiger partial charge in [-0.1, -0.05) is 18.2 Å². The molecule has 1 aliphatic rings. The summed E-state index contributed by atoms with van der Waals surface area (Å²) in [5, 5.41) is 7.33. The van der Waals surface area contributed by atoms with Gasteiger partial charge >= 0.3 is 0 Å². The summed E-state index contributed by atoms with van der Waals surface area (Å²) < 4.78 is 5.17. The summed E-state index contributed by atoms with van der Waals surface area (Å²) in [5.41, 5.74) is 2.43. The quantitative estimate of drug-likeness (QED) is 0.680. The van der Waals surface area contributed by atoms with Crippen molar-refractivity contribution in [3.63, 3.8) is 0 Å². The van der Waals surface area contributed by atoms with Gasteiger partial charge in [0.05, 0.1) is 19.7 Å². The molecule has 0 fully saturated rings. The molecular formula is C21H22N2O2S2. The highest BCUT2D eigenvalue weighted by Crippen LogP contribution is 2.39. The lowest BCUT2D eigenvalue weighted by molar-refractivity contribution is -0.122. The van der Waals surface area contributed by atoms with Gasteiger partial charge in [-0.2, -0.15) is 0 Å². The van der Waals surface area contributed by atoms with Crippen LogP contribution in [-0.2, 0) is 17.8 Å². The van der Waals surface area contributed by atoms with E-state index in [4.69, 9.17) is 4.74 Å². The van der Waals surface area contributed by atoms with Gasteiger partial charge in [-0.25, -0.2) is 0 Å². The molecule has 3 heterocycles. The van der Waals surface area contributed by atoms with E-state index >= 15 is 0 Å². The predicted octanol–water partition coefficient (Wildman–Crippen LogP) is 4.08. The Balaban J connectivity index is 1.42. The molecule has 1 aromatic carbocycles. The Morgan fingerprint density at radius 2 is 2.04 bits per heavy atom. The third-order valence-electron chi connectivity index (χ3n) is 4.87. The molecule has 1 N–H and O–H groups in total. The monoisotopic (exact) mass is 398 g/mol. The molecule has 0 unspecified atom stereocenters. The molecule has 6 heteroatoms. The number of amides is 1. The molecule has 4 rings (SSSR count). The molecule has 1 aliphatic heterocycles. The number of hydrogen-bond acceptors (Lipinski definition) is 5. The third-order valence-corrected chi connectivity index (χ3v) is 6.80. The fourth-order valence-electron chi connectivity index (χ4n) is 3.50. The first-order valence-electron chi connectivity index (χ1n) is 8.98. The second kappa shape index (κ2) is 8.25. The van der Waals surface area contributed by atoms with Crippen molar-refractivity contribution in [2.45, 2.75) is 19.0 Å². The maximum atomic E-state index is 12.6. The van der Waals surface area contributed by atoms with Crippen LogP contribution in [0.15, 0.2) is 53.2 Å². The lowest BCUT2D eigenvalue weighted by Crippen LogP contribution is -2.42. The van der Waals surface area contributed by atoms with Gasteiger partial charge < -0.3 is 10.1 Å². The lowest BCUT2D eigenvalue weighted by Gasteiger charge is -2.34. The van der Waals surface area contributed by atoms with E-state index in [9.17, 15) is 4.79 Å². The summed E-state index contributed by atoms with van der Waals surface area (Å²) in [6.07, 6.45) is 1.01. The number of carbonyl (C=O) groups excluding carboxylic acids is 1. The second-order valence-corrected chi connectivity index (χ2v) is 8.54. The van der Waals surface area contributed by atoms with Gasteiger partial charge in [-0.05, 0) is 52.6 Å². The molecule has 0 bridgehead atoms. The van der Waals surface area contributed by atoms with Crippen LogP contribution < -0.4 is 10.1 Å². The Morgan fingerprint density at radius 1 is 1.19 bits per heavy atom. The van der Waals surface area contributed by atoms with Crippen molar-refractivity contribution in [2.75, 3.05) is 20.2 Å². The largest absolute Gasteiger partial charge is 0.497 e. The highest BCUT2D eigenvalue weighted by atomic mass is 32.1. The fraction of sp³-hybridized carbons (Fsp3) is 0.286. The highest BCUT2D eigenvalue weighted by molar-refractivity contribution is 7.10. The van der Waals surface area contributed by atoms with Crippen molar-refractivity contribution in [1.82, 2.24) is 10.2 Å². The van der Waals surface area contributed by atoms with Crippen LogP contribution in [0.25, 0.3) is 0 Å². The first-order valence-corrected chi connectivity index (χ1v) is 10.7. The number of benzene rings is 1. The zero-order valence-electron chi connectivity index (χ0n) is 15.2. The molecular weight excluding hydrogens is 376 g/mol. The van der Waals surface area contributed by atoms with Crippen molar-refractivity contribution in [3.05, 3.63) is 74.1 Å². The van der Waals surface area contributed by atoms with Crippen LogP contribution in [0.2, 0.25) is 0 Å². The summed E-state index contributed by atoms with van der Waals surface area (Å²) in [6, 6.07) is 14.4. The zero-order valence-corrected chi connectivity index (χ0v) is 16.8. The molecule has 2 aromatic heterocycles. The van der Waals surface area contributed by atoms with E-state index in [1.54, 1.807) is 18.4 Å². The number of carbonyl (C=O) groups is 1. The standard InChI is InChI=1S/C21H22N2O2S2/c1-25-16-6-4-15(5-7-16)13-22-20(24)14-23-10-8-18-17(9-12-27-18)21(23)19-3-2-11-26-19/h2-7,9,11-12,21H,8,10,13-14H2,1H3,(H,22,24)/t21-/m0/s1. The van der Waals surface area contributed by atoms with Gasteiger partial charge in [0.1, 0.15) is 5.75 Å². The van der Waals surface area contributed by atoms with Crippen LogP contribution in [0.5, 0.6) is 5.75 Å². The topological polar surface area (TPSA) is 41.6 Å². The van der Waals surface area contributed by atoms with Crippen molar-refractivity contribution in [2.24, 2.45) is 0 Å². The number of fused-ring (bicyclic) bond motifs is 1. The average molecular weight is 399 g/mol. The number of nitrogens with one attached hydrogen (secondary N) is 1. The highest BCUT2D eigenvalue weighted by Gasteiger charge is 2.31. The molecule has 0 saturated heterocycles. The molecule has 140 valence electrons.